The van der Waals surface area contributed by atoms with Crippen molar-refractivity contribution >= 4 is 5.91 Å². The third kappa shape index (κ3) is 3.62. The molecule has 1 unspecified atom stereocenters. The standard InChI is InChI=1S/C21H27N5O4/c1-28-17-8-7-15(19(22-17)29-2)21(27)26-11-14(12-26)18-23-20(30-24-18)16-4-3-9-25(16)10-13-5-6-13/h7-8,13-14,16H,3-6,9-12H2,1-2H3. The topological polar surface area (TPSA) is 93.8 Å². The number of likely N-dealkylation sites (tertiary alicyclic amines) is 2. The van der Waals surface area contributed by atoms with Crippen LogP contribution >= 0.6 is 0 Å². The Labute approximate surface area is 175 Å². The van der Waals surface area contributed by atoms with Gasteiger partial charge in [-0.1, -0.05) is 5.16 Å². The fourth-order valence-corrected chi connectivity index (χ4v) is 4.34. The highest BCUT2D eigenvalue weighted by atomic mass is 16.5. The number of nitrogens with zero attached hydrogens (tertiary/aromatic N) is 5. The summed E-state index contributed by atoms with van der Waals surface area (Å²) in [5.41, 5.74) is 0.423. The Morgan fingerprint density at radius 1 is 1.17 bits per heavy atom. The van der Waals surface area contributed by atoms with E-state index in [1.54, 1.807) is 17.0 Å². The number of amides is 1. The number of hydrogen-bond donors (Lipinski definition) is 0. The molecule has 2 aliphatic heterocycles. The van der Waals surface area contributed by atoms with Crippen LogP contribution in [0.4, 0.5) is 0 Å². The molecule has 5 rings (SSSR count). The molecule has 2 saturated heterocycles. The maximum Gasteiger partial charge on any atom is 0.259 e. The number of carbonyl (C=O) groups excluding carboxylic acids is 1. The van der Waals surface area contributed by atoms with Gasteiger partial charge in [-0.15, -0.1) is 0 Å². The number of rotatable bonds is 7. The van der Waals surface area contributed by atoms with Crippen molar-refractivity contribution < 1.29 is 18.8 Å². The highest BCUT2D eigenvalue weighted by Gasteiger charge is 2.39. The largest absolute Gasteiger partial charge is 0.481 e. The van der Waals surface area contributed by atoms with Crippen LogP contribution in [0.25, 0.3) is 0 Å². The van der Waals surface area contributed by atoms with Crippen molar-refractivity contribution in [2.45, 2.75) is 37.6 Å². The van der Waals surface area contributed by atoms with Crippen LogP contribution in [0, 0.1) is 5.92 Å². The molecule has 160 valence electrons. The average Bonchev–Trinajstić information content (AvgIpc) is 3.21. The minimum absolute atomic E-state index is 0.0990. The molecule has 4 heterocycles. The maximum atomic E-state index is 12.8. The number of aromatic nitrogens is 3. The average molecular weight is 413 g/mol. The lowest BCUT2D eigenvalue weighted by molar-refractivity contribution is 0.0588. The molecule has 2 aromatic rings. The van der Waals surface area contributed by atoms with E-state index in [1.807, 2.05) is 0 Å². The number of pyridine rings is 1. The van der Waals surface area contributed by atoms with Gasteiger partial charge in [-0.25, -0.2) is 0 Å². The molecule has 3 fully saturated rings. The maximum absolute atomic E-state index is 12.8. The van der Waals surface area contributed by atoms with E-state index in [1.165, 1.54) is 33.5 Å². The van der Waals surface area contributed by atoms with Crippen molar-refractivity contribution in [1.29, 1.82) is 0 Å². The zero-order valence-corrected chi connectivity index (χ0v) is 17.4. The van der Waals surface area contributed by atoms with Crippen LogP contribution in [0.2, 0.25) is 0 Å². The highest BCUT2D eigenvalue weighted by molar-refractivity contribution is 5.97. The van der Waals surface area contributed by atoms with Gasteiger partial charge in [-0.2, -0.15) is 9.97 Å². The normalized spacial score (nSPS) is 22.2. The number of methoxy groups -OCH3 is 2. The molecule has 0 N–H and O–H groups in total. The van der Waals surface area contributed by atoms with Crippen LogP contribution < -0.4 is 9.47 Å². The molecule has 1 aliphatic carbocycles. The first kappa shape index (κ1) is 19.3. The van der Waals surface area contributed by atoms with Gasteiger partial charge in [0.05, 0.1) is 26.2 Å². The number of hydrogen-bond acceptors (Lipinski definition) is 8. The molecule has 0 radical (unpaired) electrons. The van der Waals surface area contributed by atoms with Crippen molar-refractivity contribution in [2.24, 2.45) is 5.92 Å². The molecule has 1 saturated carbocycles. The summed E-state index contributed by atoms with van der Waals surface area (Å²) in [5, 5.41) is 4.23. The van der Waals surface area contributed by atoms with Crippen molar-refractivity contribution in [3.8, 4) is 11.8 Å². The lowest BCUT2D eigenvalue weighted by Gasteiger charge is -2.37. The Hall–Kier alpha value is -2.68. The van der Waals surface area contributed by atoms with E-state index in [2.05, 4.69) is 15.0 Å². The Bertz CT molecular complexity index is 922. The van der Waals surface area contributed by atoms with Crippen molar-refractivity contribution in [2.75, 3.05) is 40.4 Å². The molecule has 9 heteroatoms. The van der Waals surface area contributed by atoms with Gasteiger partial charge in [-0.05, 0) is 44.2 Å². The van der Waals surface area contributed by atoms with Crippen molar-refractivity contribution in [3.63, 3.8) is 0 Å². The first-order chi connectivity index (χ1) is 14.7. The summed E-state index contributed by atoms with van der Waals surface area (Å²) >= 11 is 0. The second-order valence-electron chi connectivity index (χ2n) is 8.40. The monoisotopic (exact) mass is 413 g/mol. The summed E-state index contributed by atoms with van der Waals surface area (Å²) in [6, 6.07) is 3.59. The van der Waals surface area contributed by atoms with Crippen LogP contribution in [0.5, 0.6) is 11.8 Å². The third-order valence-electron chi connectivity index (χ3n) is 6.30. The summed E-state index contributed by atoms with van der Waals surface area (Å²) in [5.74, 6) is 2.94. The number of ether oxygens (including phenoxy) is 2. The Balaban J connectivity index is 1.22. The molecule has 0 aromatic carbocycles. The third-order valence-corrected chi connectivity index (χ3v) is 6.30. The Morgan fingerprint density at radius 2 is 2.00 bits per heavy atom. The van der Waals surface area contributed by atoms with Crippen LogP contribution in [0.1, 0.15) is 59.7 Å². The van der Waals surface area contributed by atoms with Crippen molar-refractivity contribution in [3.05, 3.63) is 29.4 Å². The van der Waals surface area contributed by atoms with Crippen LogP contribution in [-0.2, 0) is 0 Å². The van der Waals surface area contributed by atoms with Gasteiger partial charge in [0.2, 0.25) is 17.7 Å². The van der Waals surface area contributed by atoms with Gasteiger partial charge in [-0.3, -0.25) is 9.69 Å². The minimum Gasteiger partial charge on any atom is -0.481 e. The van der Waals surface area contributed by atoms with Gasteiger partial charge in [0, 0.05) is 25.7 Å². The van der Waals surface area contributed by atoms with E-state index in [9.17, 15) is 4.79 Å². The fraction of sp³-hybridized carbons (Fsp3) is 0.619. The summed E-state index contributed by atoms with van der Waals surface area (Å²) in [4.78, 5) is 26.0. The summed E-state index contributed by atoms with van der Waals surface area (Å²) in [6.45, 7) is 3.38. The van der Waals surface area contributed by atoms with Gasteiger partial charge >= 0.3 is 0 Å². The van der Waals surface area contributed by atoms with Gasteiger partial charge in [0.15, 0.2) is 5.82 Å². The molecule has 0 spiro atoms. The van der Waals surface area contributed by atoms with E-state index in [0.717, 1.165) is 31.3 Å². The smallest absolute Gasteiger partial charge is 0.259 e. The Kier molecular flexibility index (Phi) is 5.06. The molecule has 2 aromatic heterocycles. The van der Waals surface area contributed by atoms with E-state index >= 15 is 0 Å². The summed E-state index contributed by atoms with van der Waals surface area (Å²) in [6.07, 6.45) is 4.95. The molecule has 9 nitrogen and oxygen atoms in total. The predicted molar refractivity (Wildman–Crippen MR) is 107 cm³/mol. The zero-order chi connectivity index (χ0) is 20.7. The van der Waals surface area contributed by atoms with E-state index in [4.69, 9.17) is 19.0 Å². The summed E-state index contributed by atoms with van der Waals surface area (Å²) in [7, 11) is 3.02. The van der Waals surface area contributed by atoms with Gasteiger partial charge in [0.1, 0.15) is 5.56 Å². The highest BCUT2D eigenvalue weighted by Crippen LogP contribution is 2.38. The van der Waals surface area contributed by atoms with Crippen LogP contribution in [0.15, 0.2) is 16.7 Å². The van der Waals surface area contributed by atoms with E-state index in [0.29, 0.717) is 30.4 Å². The van der Waals surface area contributed by atoms with E-state index < -0.39 is 0 Å². The molecule has 1 amide bonds. The molecule has 30 heavy (non-hydrogen) atoms. The SMILES string of the molecule is COc1ccc(C(=O)N2CC(c3noc(C4CCCN4CC4CC4)n3)C2)c(OC)n1. The molecule has 0 bridgehead atoms. The second kappa shape index (κ2) is 7.86. The molecular weight excluding hydrogens is 386 g/mol. The summed E-state index contributed by atoms with van der Waals surface area (Å²) < 4.78 is 16.0. The minimum atomic E-state index is -0.117. The van der Waals surface area contributed by atoms with Crippen LogP contribution in [-0.4, -0.2) is 71.2 Å². The quantitative estimate of drug-likeness (QED) is 0.682. The molecule has 1 atom stereocenters. The molecular formula is C21H27N5O4. The van der Waals surface area contributed by atoms with Crippen LogP contribution in [0.3, 0.4) is 0 Å². The zero-order valence-electron chi connectivity index (χ0n) is 17.4. The molecule has 3 aliphatic rings. The first-order valence-electron chi connectivity index (χ1n) is 10.6. The Morgan fingerprint density at radius 3 is 2.73 bits per heavy atom. The number of carbonyl (C=O) groups is 1. The lowest BCUT2D eigenvalue weighted by atomic mass is 9.98. The fourth-order valence-electron chi connectivity index (χ4n) is 4.34. The first-order valence-corrected chi connectivity index (χ1v) is 10.6. The lowest BCUT2D eigenvalue weighted by Crippen LogP contribution is -2.49. The second-order valence-corrected chi connectivity index (χ2v) is 8.40. The van der Waals surface area contributed by atoms with E-state index in [-0.39, 0.29) is 23.7 Å². The van der Waals surface area contributed by atoms with Crippen molar-refractivity contribution in [1.82, 2.24) is 24.9 Å². The van der Waals surface area contributed by atoms with Gasteiger partial charge < -0.3 is 18.9 Å². The predicted octanol–water partition coefficient (Wildman–Crippen LogP) is 2.27. The van der Waals surface area contributed by atoms with Gasteiger partial charge in [0.25, 0.3) is 5.91 Å².